The Morgan fingerprint density at radius 3 is 2.74 bits per heavy atom. The monoisotopic (exact) mass is 428 g/mol. The van der Waals surface area contributed by atoms with Crippen LogP contribution in [-0.4, -0.2) is 88.7 Å². The summed E-state index contributed by atoms with van der Waals surface area (Å²) in [5.41, 5.74) is 0.469. The summed E-state index contributed by atoms with van der Waals surface area (Å²) >= 11 is 0. The quantitative estimate of drug-likeness (QED) is 0.476. The number of nitrogens with one attached hydrogen (secondary N) is 3. The Bertz CT molecular complexity index is 908. The average Bonchev–Trinajstić information content (AvgIpc) is 2.78. The fraction of sp³-hybridized carbons (Fsp3) is 0.571. The Labute approximate surface area is 182 Å². The van der Waals surface area contributed by atoms with E-state index in [9.17, 15) is 9.59 Å². The van der Waals surface area contributed by atoms with Crippen molar-refractivity contribution >= 4 is 11.9 Å². The molecule has 0 spiro atoms. The number of amides is 1. The zero-order chi connectivity index (χ0) is 22.1. The van der Waals surface area contributed by atoms with E-state index in [1.165, 1.54) is 6.07 Å². The van der Waals surface area contributed by atoms with E-state index in [0.29, 0.717) is 23.9 Å². The van der Waals surface area contributed by atoms with Gasteiger partial charge in [0, 0.05) is 45.5 Å². The van der Waals surface area contributed by atoms with E-state index < -0.39 is 11.5 Å². The van der Waals surface area contributed by atoms with Crippen LogP contribution < -0.4 is 16.2 Å². The Morgan fingerprint density at radius 1 is 1.16 bits per heavy atom. The molecule has 0 aliphatic carbocycles. The van der Waals surface area contributed by atoms with Crippen molar-refractivity contribution in [1.29, 1.82) is 0 Å². The highest BCUT2D eigenvalue weighted by atomic mass is 16.2. The lowest BCUT2D eigenvalue weighted by Crippen LogP contribution is -2.45. The maximum absolute atomic E-state index is 12.6. The number of likely N-dealkylation sites (N-methyl/N-ethyl adjacent to an activating group) is 1. The molecule has 168 valence electrons. The molecule has 3 heterocycles. The molecule has 2 aromatic rings. The second-order valence-electron chi connectivity index (χ2n) is 7.80. The minimum atomic E-state index is -0.518. The van der Waals surface area contributed by atoms with Crippen LogP contribution in [0.5, 0.6) is 0 Å². The van der Waals surface area contributed by atoms with Crippen molar-refractivity contribution < 1.29 is 4.79 Å². The van der Waals surface area contributed by atoms with Crippen LogP contribution in [0.1, 0.15) is 36.5 Å². The first-order chi connectivity index (χ1) is 15.1. The van der Waals surface area contributed by atoms with E-state index in [1.807, 2.05) is 0 Å². The standard InChI is InChI=1S/C21H32N8O2/c1-3-4-7-23-21-24-9-6-17(25-21)18-15-16(20(31)27-26-18)19(30)22-8-5-10-29-13-11-28(2)12-14-29/h6,9,15H,3-5,7-8,10-14H2,1-2H3,(H,22,30)(H,27,31)(H,23,24,25). The maximum atomic E-state index is 12.6. The van der Waals surface area contributed by atoms with E-state index in [4.69, 9.17) is 0 Å². The van der Waals surface area contributed by atoms with Crippen LogP contribution >= 0.6 is 0 Å². The van der Waals surface area contributed by atoms with Gasteiger partial charge in [0.2, 0.25) is 5.95 Å². The lowest BCUT2D eigenvalue weighted by Gasteiger charge is -2.32. The van der Waals surface area contributed by atoms with Crippen LogP contribution in [0.3, 0.4) is 0 Å². The fourth-order valence-electron chi connectivity index (χ4n) is 3.34. The number of unbranched alkanes of at least 4 members (excludes halogenated alkanes) is 1. The third-order valence-corrected chi connectivity index (χ3v) is 5.31. The van der Waals surface area contributed by atoms with Crippen molar-refractivity contribution in [2.45, 2.75) is 26.2 Å². The molecule has 31 heavy (non-hydrogen) atoms. The third-order valence-electron chi connectivity index (χ3n) is 5.31. The van der Waals surface area contributed by atoms with Crippen molar-refractivity contribution in [2.24, 2.45) is 0 Å². The molecule has 0 unspecified atom stereocenters. The molecule has 10 nitrogen and oxygen atoms in total. The van der Waals surface area contributed by atoms with E-state index in [2.05, 4.69) is 54.6 Å². The van der Waals surface area contributed by atoms with Crippen molar-refractivity contribution in [3.8, 4) is 11.4 Å². The number of H-pyrrole nitrogens is 1. The lowest BCUT2D eigenvalue weighted by atomic mass is 10.2. The molecule has 0 radical (unpaired) electrons. The normalized spacial score (nSPS) is 15.0. The average molecular weight is 429 g/mol. The van der Waals surface area contributed by atoms with Crippen LogP contribution in [-0.2, 0) is 0 Å². The first-order valence-electron chi connectivity index (χ1n) is 10.9. The van der Waals surface area contributed by atoms with Gasteiger partial charge in [0.05, 0.1) is 5.69 Å². The van der Waals surface area contributed by atoms with Crippen molar-refractivity contribution in [2.75, 3.05) is 58.2 Å². The molecule has 0 atom stereocenters. The number of rotatable bonds is 10. The maximum Gasteiger partial charge on any atom is 0.277 e. The highest BCUT2D eigenvalue weighted by molar-refractivity contribution is 5.94. The Balaban J connectivity index is 1.57. The molecule has 1 aliphatic heterocycles. The molecule has 1 amide bonds. The number of aromatic nitrogens is 4. The van der Waals surface area contributed by atoms with Crippen molar-refractivity contribution in [3.63, 3.8) is 0 Å². The number of hydrogen-bond acceptors (Lipinski definition) is 8. The Hall–Kier alpha value is -2.85. The Kier molecular flexibility index (Phi) is 8.48. The number of anilines is 1. The van der Waals surface area contributed by atoms with E-state index in [1.54, 1.807) is 12.3 Å². The van der Waals surface area contributed by atoms with Gasteiger partial charge in [-0.15, -0.1) is 0 Å². The van der Waals surface area contributed by atoms with E-state index in [0.717, 1.165) is 58.5 Å². The van der Waals surface area contributed by atoms with Gasteiger partial charge in [-0.25, -0.2) is 15.1 Å². The Morgan fingerprint density at radius 2 is 1.97 bits per heavy atom. The van der Waals surface area contributed by atoms with Gasteiger partial charge in [-0.2, -0.15) is 5.10 Å². The zero-order valence-corrected chi connectivity index (χ0v) is 18.4. The number of hydrogen-bond donors (Lipinski definition) is 3. The number of carbonyl (C=O) groups is 1. The molecule has 10 heteroatoms. The number of carbonyl (C=O) groups excluding carboxylic acids is 1. The van der Waals surface area contributed by atoms with Gasteiger partial charge >= 0.3 is 0 Å². The fourth-order valence-corrected chi connectivity index (χ4v) is 3.34. The molecule has 1 fully saturated rings. The summed E-state index contributed by atoms with van der Waals surface area (Å²) in [5.74, 6) is 0.0903. The zero-order valence-electron chi connectivity index (χ0n) is 18.4. The van der Waals surface area contributed by atoms with Gasteiger partial charge in [-0.05, 0) is 38.6 Å². The molecule has 0 bridgehead atoms. The summed E-state index contributed by atoms with van der Waals surface area (Å²) in [7, 11) is 2.13. The first-order valence-corrected chi connectivity index (χ1v) is 10.9. The molecule has 2 aromatic heterocycles. The summed E-state index contributed by atoms with van der Waals surface area (Å²) in [4.78, 5) is 38.1. The van der Waals surface area contributed by atoms with E-state index in [-0.39, 0.29) is 5.56 Å². The molecular formula is C21H32N8O2. The number of piperazine rings is 1. The molecule has 1 aliphatic rings. The van der Waals surface area contributed by atoms with E-state index >= 15 is 0 Å². The summed E-state index contributed by atoms with van der Waals surface area (Å²) in [6.45, 7) is 8.57. The second kappa shape index (κ2) is 11.5. The summed E-state index contributed by atoms with van der Waals surface area (Å²) in [5, 5.41) is 12.5. The molecule has 1 saturated heterocycles. The predicted molar refractivity (Wildman–Crippen MR) is 120 cm³/mol. The minimum Gasteiger partial charge on any atom is -0.354 e. The summed E-state index contributed by atoms with van der Waals surface area (Å²) in [6.07, 6.45) is 4.55. The van der Waals surface area contributed by atoms with Gasteiger partial charge in [0.1, 0.15) is 11.3 Å². The topological polar surface area (TPSA) is 119 Å². The van der Waals surface area contributed by atoms with Gasteiger partial charge < -0.3 is 20.4 Å². The SMILES string of the molecule is CCCCNc1nccc(-c2cc(C(=O)NCCCN3CCN(C)CC3)c(=O)[nH]n2)n1. The van der Waals surface area contributed by atoms with Crippen LogP contribution in [0, 0.1) is 0 Å². The van der Waals surface area contributed by atoms with Gasteiger partial charge in [-0.3, -0.25) is 9.59 Å². The van der Waals surface area contributed by atoms with Gasteiger partial charge in [-0.1, -0.05) is 13.3 Å². The molecule has 3 N–H and O–H groups in total. The molecule has 0 aromatic carbocycles. The van der Waals surface area contributed by atoms with Crippen LogP contribution in [0.15, 0.2) is 23.1 Å². The molecule has 3 rings (SSSR count). The van der Waals surface area contributed by atoms with Crippen molar-refractivity contribution in [1.82, 2.24) is 35.3 Å². The molecule has 0 saturated carbocycles. The highest BCUT2D eigenvalue weighted by Crippen LogP contribution is 2.14. The van der Waals surface area contributed by atoms with Gasteiger partial charge in [0.25, 0.3) is 11.5 Å². The van der Waals surface area contributed by atoms with Crippen LogP contribution in [0.4, 0.5) is 5.95 Å². The largest absolute Gasteiger partial charge is 0.354 e. The second-order valence-corrected chi connectivity index (χ2v) is 7.80. The highest BCUT2D eigenvalue weighted by Gasteiger charge is 2.15. The summed E-state index contributed by atoms with van der Waals surface area (Å²) < 4.78 is 0. The first kappa shape index (κ1) is 22.8. The summed E-state index contributed by atoms with van der Waals surface area (Å²) in [6, 6.07) is 3.18. The molecular weight excluding hydrogens is 396 g/mol. The predicted octanol–water partition coefficient (Wildman–Crippen LogP) is 0.806. The van der Waals surface area contributed by atoms with Crippen molar-refractivity contribution in [3.05, 3.63) is 34.2 Å². The minimum absolute atomic E-state index is 0.0312. The third kappa shape index (κ3) is 6.83. The number of aromatic amines is 1. The smallest absolute Gasteiger partial charge is 0.277 e. The lowest BCUT2D eigenvalue weighted by molar-refractivity contribution is 0.0947. The van der Waals surface area contributed by atoms with Crippen LogP contribution in [0.25, 0.3) is 11.4 Å². The van der Waals surface area contributed by atoms with Gasteiger partial charge in [0.15, 0.2) is 0 Å². The number of nitrogens with zero attached hydrogens (tertiary/aromatic N) is 5. The van der Waals surface area contributed by atoms with Crippen LogP contribution in [0.2, 0.25) is 0 Å².